The second kappa shape index (κ2) is 5.26. The number of ketones is 1. The standard InChI is InChI=1S/C15H22O3/c1-11(6-8-16)5-7-15(18)12(2)9-13(17)10-14(15,3)4/h6,12,16,18H,8-10H2,1-4H3/b11-6+/t12-,15+/m1/s1. The van der Waals surface area contributed by atoms with Crippen molar-refractivity contribution in [3.05, 3.63) is 11.6 Å². The molecule has 0 heterocycles. The fraction of sp³-hybridized carbons (Fsp3) is 0.667. The van der Waals surface area contributed by atoms with E-state index in [1.54, 1.807) is 13.0 Å². The third-order valence-electron chi connectivity index (χ3n) is 3.77. The summed E-state index contributed by atoms with van der Waals surface area (Å²) in [6.07, 6.45) is 2.32. The summed E-state index contributed by atoms with van der Waals surface area (Å²) in [5.74, 6) is 5.81. The van der Waals surface area contributed by atoms with Crippen LogP contribution in [0.5, 0.6) is 0 Å². The van der Waals surface area contributed by atoms with E-state index >= 15 is 0 Å². The van der Waals surface area contributed by atoms with Crippen LogP contribution in [0.25, 0.3) is 0 Å². The van der Waals surface area contributed by atoms with Crippen molar-refractivity contribution in [1.82, 2.24) is 0 Å². The van der Waals surface area contributed by atoms with Crippen molar-refractivity contribution in [1.29, 1.82) is 0 Å². The molecule has 18 heavy (non-hydrogen) atoms. The maximum absolute atomic E-state index is 11.6. The zero-order valence-corrected chi connectivity index (χ0v) is 11.6. The molecule has 0 aromatic carbocycles. The van der Waals surface area contributed by atoms with Gasteiger partial charge in [0, 0.05) is 24.2 Å². The summed E-state index contributed by atoms with van der Waals surface area (Å²) in [5, 5.41) is 19.6. The minimum absolute atomic E-state index is 0.0592. The summed E-state index contributed by atoms with van der Waals surface area (Å²) < 4.78 is 0. The molecular weight excluding hydrogens is 228 g/mol. The monoisotopic (exact) mass is 250 g/mol. The lowest BCUT2D eigenvalue weighted by molar-refractivity contribution is -0.140. The Morgan fingerprint density at radius 2 is 2.17 bits per heavy atom. The van der Waals surface area contributed by atoms with E-state index in [0.29, 0.717) is 12.8 Å². The van der Waals surface area contributed by atoms with E-state index in [9.17, 15) is 9.90 Å². The maximum Gasteiger partial charge on any atom is 0.134 e. The SMILES string of the molecule is C/C(C#C[C@]1(O)[C@H](C)CC(=O)CC1(C)C)=C\CO. The molecule has 1 fully saturated rings. The van der Waals surface area contributed by atoms with Crippen molar-refractivity contribution < 1.29 is 15.0 Å². The van der Waals surface area contributed by atoms with Crippen LogP contribution in [0.3, 0.4) is 0 Å². The highest BCUT2D eigenvalue weighted by atomic mass is 16.3. The second-order valence-electron chi connectivity index (χ2n) is 5.79. The number of allylic oxidation sites excluding steroid dienone is 1. The van der Waals surface area contributed by atoms with Gasteiger partial charge in [0.05, 0.1) is 6.61 Å². The number of carbonyl (C=O) groups is 1. The van der Waals surface area contributed by atoms with Crippen molar-refractivity contribution in [2.24, 2.45) is 11.3 Å². The van der Waals surface area contributed by atoms with E-state index < -0.39 is 11.0 Å². The lowest BCUT2D eigenvalue weighted by Gasteiger charge is -2.46. The van der Waals surface area contributed by atoms with E-state index in [4.69, 9.17) is 5.11 Å². The molecule has 0 aromatic rings. The highest BCUT2D eigenvalue weighted by Crippen LogP contribution is 2.45. The van der Waals surface area contributed by atoms with Gasteiger partial charge in [-0.25, -0.2) is 0 Å². The second-order valence-corrected chi connectivity index (χ2v) is 5.79. The van der Waals surface area contributed by atoms with Crippen LogP contribution in [0.15, 0.2) is 11.6 Å². The molecule has 0 aromatic heterocycles. The van der Waals surface area contributed by atoms with Gasteiger partial charge in [-0.1, -0.05) is 32.6 Å². The summed E-state index contributed by atoms with van der Waals surface area (Å²) in [5.41, 5.74) is -0.981. The average molecular weight is 250 g/mol. The van der Waals surface area contributed by atoms with Gasteiger partial charge in [-0.2, -0.15) is 0 Å². The maximum atomic E-state index is 11.6. The highest BCUT2D eigenvalue weighted by molar-refractivity contribution is 5.81. The first kappa shape index (κ1) is 14.9. The Morgan fingerprint density at radius 1 is 1.56 bits per heavy atom. The number of carbonyl (C=O) groups excluding carboxylic acids is 1. The predicted molar refractivity (Wildman–Crippen MR) is 70.8 cm³/mol. The number of rotatable bonds is 1. The number of aliphatic hydroxyl groups is 2. The fourth-order valence-corrected chi connectivity index (χ4v) is 2.53. The summed E-state index contributed by atoms with van der Waals surface area (Å²) in [4.78, 5) is 11.6. The predicted octanol–water partition coefficient (Wildman–Crippen LogP) is 1.68. The van der Waals surface area contributed by atoms with Crippen molar-refractivity contribution in [3.8, 4) is 11.8 Å². The quantitative estimate of drug-likeness (QED) is 0.696. The van der Waals surface area contributed by atoms with E-state index in [0.717, 1.165) is 5.57 Å². The molecular formula is C15H22O3. The third-order valence-corrected chi connectivity index (χ3v) is 3.77. The summed E-state index contributed by atoms with van der Waals surface area (Å²) in [6.45, 7) is 7.34. The zero-order valence-electron chi connectivity index (χ0n) is 11.6. The molecule has 100 valence electrons. The van der Waals surface area contributed by atoms with Crippen LogP contribution in [-0.4, -0.2) is 28.2 Å². The molecule has 0 bridgehead atoms. The molecule has 0 aliphatic heterocycles. The molecule has 3 heteroatoms. The molecule has 0 unspecified atom stereocenters. The lowest BCUT2D eigenvalue weighted by atomic mass is 9.60. The van der Waals surface area contributed by atoms with E-state index in [2.05, 4.69) is 11.8 Å². The number of hydrogen-bond donors (Lipinski definition) is 2. The largest absolute Gasteiger partial charge is 0.392 e. The molecule has 1 rings (SSSR count). The third kappa shape index (κ3) is 2.82. The molecule has 0 spiro atoms. The topological polar surface area (TPSA) is 57.5 Å². The molecule has 1 aliphatic carbocycles. The van der Waals surface area contributed by atoms with Crippen molar-refractivity contribution >= 4 is 5.78 Å². The first-order valence-electron chi connectivity index (χ1n) is 6.28. The van der Waals surface area contributed by atoms with Crippen LogP contribution in [-0.2, 0) is 4.79 Å². The van der Waals surface area contributed by atoms with Crippen LogP contribution in [0, 0.1) is 23.2 Å². The number of aliphatic hydroxyl groups excluding tert-OH is 1. The molecule has 2 N–H and O–H groups in total. The van der Waals surface area contributed by atoms with Crippen LogP contribution in [0.4, 0.5) is 0 Å². The Morgan fingerprint density at radius 3 is 2.67 bits per heavy atom. The molecule has 0 saturated heterocycles. The molecule has 1 aliphatic rings. The Hall–Kier alpha value is -1.11. The summed E-state index contributed by atoms with van der Waals surface area (Å²) in [7, 11) is 0. The number of Topliss-reactive ketones (excluding diaryl/α,β-unsaturated/α-hetero) is 1. The Balaban J connectivity index is 3.09. The summed E-state index contributed by atoms with van der Waals surface area (Å²) >= 11 is 0. The van der Waals surface area contributed by atoms with Crippen LogP contribution in [0.2, 0.25) is 0 Å². The van der Waals surface area contributed by atoms with Gasteiger partial charge in [0.2, 0.25) is 0 Å². The first-order valence-corrected chi connectivity index (χ1v) is 6.28. The summed E-state index contributed by atoms with van der Waals surface area (Å²) in [6, 6.07) is 0. The van der Waals surface area contributed by atoms with Gasteiger partial charge in [-0.05, 0) is 18.6 Å². The van der Waals surface area contributed by atoms with Gasteiger partial charge >= 0.3 is 0 Å². The molecule has 0 radical (unpaired) electrons. The van der Waals surface area contributed by atoms with Gasteiger partial charge in [-0.3, -0.25) is 4.79 Å². The average Bonchev–Trinajstić information content (AvgIpc) is 2.23. The Kier molecular flexibility index (Phi) is 4.37. The van der Waals surface area contributed by atoms with Crippen LogP contribution in [0.1, 0.15) is 40.5 Å². The lowest BCUT2D eigenvalue weighted by Crippen LogP contribution is -2.53. The minimum Gasteiger partial charge on any atom is -0.392 e. The molecule has 1 saturated carbocycles. The van der Waals surface area contributed by atoms with Crippen LogP contribution >= 0.6 is 0 Å². The Bertz CT molecular complexity index is 423. The molecule has 0 amide bonds. The number of hydrogen-bond acceptors (Lipinski definition) is 3. The van der Waals surface area contributed by atoms with Crippen molar-refractivity contribution in [2.75, 3.05) is 6.61 Å². The zero-order chi connectivity index (χ0) is 14.0. The van der Waals surface area contributed by atoms with Crippen molar-refractivity contribution in [2.45, 2.75) is 46.1 Å². The van der Waals surface area contributed by atoms with E-state index in [1.807, 2.05) is 20.8 Å². The van der Waals surface area contributed by atoms with Gasteiger partial charge in [0.1, 0.15) is 11.4 Å². The van der Waals surface area contributed by atoms with Gasteiger partial charge in [0.15, 0.2) is 0 Å². The smallest absolute Gasteiger partial charge is 0.134 e. The van der Waals surface area contributed by atoms with Gasteiger partial charge in [-0.15, -0.1) is 0 Å². The Labute approximate surface area is 109 Å². The molecule has 2 atom stereocenters. The minimum atomic E-state index is -1.16. The van der Waals surface area contributed by atoms with E-state index in [1.165, 1.54) is 0 Å². The highest BCUT2D eigenvalue weighted by Gasteiger charge is 2.51. The van der Waals surface area contributed by atoms with Gasteiger partial charge in [0.25, 0.3) is 0 Å². The molecule has 3 nitrogen and oxygen atoms in total. The van der Waals surface area contributed by atoms with E-state index in [-0.39, 0.29) is 18.3 Å². The normalized spacial score (nSPS) is 31.8. The van der Waals surface area contributed by atoms with Crippen LogP contribution < -0.4 is 0 Å². The fourth-order valence-electron chi connectivity index (χ4n) is 2.53. The first-order chi connectivity index (χ1) is 8.23. The van der Waals surface area contributed by atoms with Crippen molar-refractivity contribution in [3.63, 3.8) is 0 Å². The van der Waals surface area contributed by atoms with Gasteiger partial charge < -0.3 is 10.2 Å².